The fourth-order valence-electron chi connectivity index (χ4n) is 2.79. The summed E-state index contributed by atoms with van der Waals surface area (Å²) in [4.78, 5) is 12.8. The number of ether oxygens (including phenoxy) is 2. The molecule has 1 aromatic heterocycles. The molecule has 0 saturated heterocycles. The topological polar surface area (TPSA) is 73.6 Å². The van der Waals surface area contributed by atoms with Gasteiger partial charge in [0.1, 0.15) is 17.1 Å². The minimum Gasteiger partial charge on any atom is -0.497 e. The van der Waals surface area contributed by atoms with Crippen molar-refractivity contribution in [2.45, 2.75) is 20.4 Å². The van der Waals surface area contributed by atoms with E-state index in [-0.39, 0.29) is 5.91 Å². The molecule has 3 rings (SSSR count). The smallest absolute Gasteiger partial charge is 0.257 e. The first-order valence-electron chi connectivity index (χ1n) is 8.73. The van der Waals surface area contributed by atoms with Gasteiger partial charge in [-0.1, -0.05) is 23.4 Å². The third-order valence-corrected chi connectivity index (χ3v) is 4.15. The van der Waals surface area contributed by atoms with Crippen LogP contribution in [0.4, 0.5) is 0 Å². The van der Waals surface area contributed by atoms with Gasteiger partial charge in [0.2, 0.25) is 0 Å². The van der Waals surface area contributed by atoms with Crippen LogP contribution in [0.1, 0.15) is 28.5 Å². The Labute approximate surface area is 158 Å². The highest BCUT2D eigenvalue weighted by molar-refractivity contribution is 6.00. The van der Waals surface area contributed by atoms with E-state index in [2.05, 4.69) is 10.5 Å². The minimum absolute atomic E-state index is 0.245. The number of para-hydroxylation sites is 1. The van der Waals surface area contributed by atoms with Gasteiger partial charge in [-0.25, -0.2) is 0 Å². The molecule has 0 saturated carbocycles. The maximum atomic E-state index is 12.8. The van der Waals surface area contributed by atoms with Crippen LogP contribution in [0.3, 0.4) is 0 Å². The number of aromatic nitrogens is 1. The molecule has 0 radical (unpaired) electrons. The van der Waals surface area contributed by atoms with E-state index >= 15 is 0 Å². The molecule has 140 valence electrons. The number of hydrogen-bond acceptors (Lipinski definition) is 5. The highest BCUT2D eigenvalue weighted by Gasteiger charge is 2.22. The summed E-state index contributed by atoms with van der Waals surface area (Å²) in [6.07, 6.45) is 0. The Balaban J connectivity index is 1.80. The van der Waals surface area contributed by atoms with Crippen LogP contribution in [-0.4, -0.2) is 24.8 Å². The van der Waals surface area contributed by atoms with Gasteiger partial charge >= 0.3 is 0 Å². The Morgan fingerprint density at radius 2 is 1.89 bits per heavy atom. The van der Waals surface area contributed by atoms with Gasteiger partial charge in [0, 0.05) is 17.7 Å². The van der Waals surface area contributed by atoms with E-state index in [1.165, 1.54) is 0 Å². The van der Waals surface area contributed by atoms with Crippen molar-refractivity contribution < 1.29 is 18.8 Å². The fraction of sp³-hybridized carbons (Fsp3) is 0.238. The molecule has 0 bridgehead atoms. The van der Waals surface area contributed by atoms with Gasteiger partial charge in [-0.15, -0.1) is 0 Å². The molecule has 1 heterocycles. The zero-order valence-corrected chi connectivity index (χ0v) is 15.6. The largest absolute Gasteiger partial charge is 0.497 e. The first-order chi connectivity index (χ1) is 13.1. The quantitative estimate of drug-likeness (QED) is 0.684. The molecule has 6 heteroatoms. The number of aryl methyl sites for hydroxylation is 1. The van der Waals surface area contributed by atoms with Crippen LogP contribution < -0.4 is 14.8 Å². The van der Waals surface area contributed by atoms with Crippen LogP contribution in [-0.2, 0) is 6.54 Å². The van der Waals surface area contributed by atoms with Crippen molar-refractivity contribution in [3.63, 3.8) is 0 Å². The molecule has 1 amide bonds. The molecular weight excluding hydrogens is 344 g/mol. The SMILES string of the molecule is CCOc1ccccc1CNC(=O)c1c(C)noc1-c1ccc(OC)cc1. The number of rotatable bonds is 7. The second-order valence-corrected chi connectivity index (χ2v) is 5.92. The lowest BCUT2D eigenvalue weighted by Crippen LogP contribution is -2.24. The second-order valence-electron chi connectivity index (χ2n) is 5.92. The number of carbonyl (C=O) groups is 1. The fourth-order valence-corrected chi connectivity index (χ4v) is 2.79. The average molecular weight is 366 g/mol. The number of nitrogens with one attached hydrogen (secondary N) is 1. The molecule has 3 aromatic rings. The third-order valence-electron chi connectivity index (χ3n) is 4.15. The van der Waals surface area contributed by atoms with E-state index < -0.39 is 0 Å². The van der Waals surface area contributed by atoms with Gasteiger partial charge in [0.25, 0.3) is 5.91 Å². The van der Waals surface area contributed by atoms with Crippen LogP contribution in [0.5, 0.6) is 11.5 Å². The van der Waals surface area contributed by atoms with Gasteiger partial charge in [-0.2, -0.15) is 0 Å². The first-order valence-corrected chi connectivity index (χ1v) is 8.73. The Morgan fingerprint density at radius 3 is 2.59 bits per heavy atom. The molecule has 2 aromatic carbocycles. The van der Waals surface area contributed by atoms with Gasteiger partial charge in [0.15, 0.2) is 5.76 Å². The first kappa shape index (κ1) is 18.5. The second kappa shape index (κ2) is 8.40. The van der Waals surface area contributed by atoms with Crippen LogP contribution >= 0.6 is 0 Å². The predicted molar refractivity (Wildman–Crippen MR) is 102 cm³/mol. The van der Waals surface area contributed by atoms with Gasteiger partial charge < -0.3 is 19.3 Å². The highest BCUT2D eigenvalue weighted by atomic mass is 16.5. The summed E-state index contributed by atoms with van der Waals surface area (Å²) in [5.74, 6) is 1.68. The van der Waals surface area contributed by atoms with Crippen LogP contribution in [0.15, 0.2) is 53.1 Å². The highest BCUT2D eigenvalue weighted by Crippen LogP contribution is 2.28. The van der Waals surface area contributed by atoms with Gasteiger partial charge in [0.05, 0.1) is 19.4 Å². The molecule has 0 atom stereocenters. The van der Waals surface area contributed by atoms with E-state index in [9.17, 15) is 4.79 Å². The number of nitrogens with zero attached hydrogens (tertiary/aromatic N) is 1. The normalized spacial score (nSPS) is 10.5. The maximum Gasteiger partial charge on any atom is 0.257 e. The molecule has 0 aliphatic carbocycles. The Morgan fingerprint density at radius 1 is 1.15 bits per heavy atom. The van der Waals surface area contributed by atoms with E-state index in [4.69, 9.17) is 14.0 Å². The van der Waals surface area contributed by atoms with Gasteiger partial charge in [-0.3, -0.25) is 4.79 Å². The van der Waals surface area contributed by atoms with Crippen molar-refractivity contribution in [3.05, 3.63) is 65.4 Å². The summed E-state index contributed by atoms with van der Waals surface area (Å²) in [6, 6.07) is 14.9. The summed E-state index contributed by atoms with van der Waals surface area (Å²) in [5, 5.41) is 6.90. The number of methoxy groups -OCH3 is 1. The molecule has 0 unspecified atom stereocenters. The predicted octanol–water partition coefficient (Wildman–Crippen LogP) is 3.99. The molecule has 27 heavy (non-hydrogen) atoms. The van der Waals surface area contributed by atoms with E-state index in [0.717, 1.165) is 22.6 Å². The average Bonchev–Trinajstić information content (AvgIpc) is 3.09. The van der Waals surface area contributed by atoms with Crippen molar-refractivity contribution >= 4 is 5.91 Å². The van der Waals surface area contributed by atoms with Crippen molar-refractivity contribution in [1.29, 1.82) is 0 Å². The third kappa shape index (κ3) is 4.11. The number of carbonyl (C=O) groups excluding carboxylic acids is 1. The Bertz CT molecular complexity index is 916. The van der Waals surface area contributed by atoms with Crippen LogP contribution in [0, 0.1) is 6.92 Å². The summed E-state index contributed by atoms with van der Waals surface area (Å²) >= 11 is 0. The summed E-state index contributed by atoms with van der Waals surface area (Å²) in [5.41, 5.74) is 2.63. The lowest BCUT2D eigenvalue weighted by molar-refractivity contribution is 0.0950. The summed E-state index contributed by atoms with van der Waals surface area (Å²) in [6.45, 7) is 4.59. The monoisotopic (exact) mass is 366 g/mol. The lowest BCUT2D eigenvalue weighted by atomic mass is 10.1. The summed E-state index contributed by atoms with van der Waals surface area (Å²) in [7, 11) is 1.60. The van der Waals surface area contributed by atoms with E-state index in [0.29, 0.717) is 30.2 Å². The molecule has 0 aliphatic rings. The molecule has 0 aliphatic heterocycles. The summed E-state index contributed by atoms with van der Waals surface area (Å²) < 4.78 is 16.2. The Kier molecular flexibility index (Phi) is 5.76. The standard InChI is InChI=1S/C21H22N2O4/c1-4-26-18-8-6-5-7-16(18)13-22-21(24)19-14(2)23-27-20(19)15-9-11-17(25-3)12-10-15/h5-12H,4,13H2,1-3H3,(H,22,24). The number of amides is 1. The number of hydrogen-bond donors (Lipinski definition) is 1. The minimum atomic E-state index is -0.245. The van der Waals surface area contributed by atoms with Crippen LogP contribution in [0.25, 0.3) is 11.3 Å². The molecular formula is C21H22N2O4. The zero-order chi connectivity index (χ0) is 19.2. The van der Waals surface area contributed by atoms with Crippen LogP contribution in [0.2, 0.25) is 0 Å². The van der Waals surface area contributed by atoms with Crippen molar-refractivity contribution in [2.24, 2.45) is 0 Å². The molecule has 6 nitrogen and oxygen atoms in total. The van der Waals surface area contributed by atoms with Gasteiger partial charge in [-0.05, 0) is 44.2 Å². The Hall–Kier alpha value is -3.28. The molecule has 0 fully saturated rings. The maximum absolute atomic E-state index is 12.8. The zero-order valence-electron chi connectivity index (χ0n) is 15.6. The van der Waals surface area contributed by atoms with E-state index in [1.807, 2.05) is 55.5 Å². The molecule has 1 N–H and O–H groups in total. The molecule has 0 spiro atoms. The number of benzene rings is 2. The van der Waals surface area contributed by atoms with Crippen molar-refractivity contribution in [3.8, 4) is 22.8 Å². The van der Waals surface area contributed by atoms with Crippen molar-refractivity contribution in [1.82, 2.24) is 10.5 Å². The van der Waals surface area contributed by atoms with Crippen molar-refractivity contribution in [2.75, 3.05) is 13.7 Å². The van der Waals surface area contributed by atoms with E-state index in [1.54, 1.807) is 14.0 Å². The lowest BCUT2D eigenvalue weighted by Gasteiger charge is -2.11.